The molecule has 0 radical (unpaired) electrons. The molecule has 0 saturated heterocycles. The van der Waals surface area contributed by atoms with Crippen LogP contribution >= 0.6 is 27.3 Å². The molecular weight excluding hydrogens is 336 g/mol. The molecule has 1 atom stereocenters. The van der Waals surface area contributed by atoms with Gasteiger partial charge in [0.1, 0.15) is 5.01 Å². The van der Waals surface area contributed by atoms with Gasteiger partial charge in [0.2, 0.25) is 0 Å². The van der Waals surface area contributed by atoms with Gasteiger partial charge >= 0.3 is 0 Å². The summed E-state index contributed by atoms with van der Waals surface area (Å²) in [5.74, 6) is -0.0631. The van der Waals surface area contributed by atoms with Crippen LogP contribution in [0.25, 0.3) is 0 Å². The van der Waals surface area contributed by atoms with Crippen molar-refractivity contribution < 1.29 is 4.79 Å². The Bertz CT molecular complexity index is 580. The number of rotatable bonds is 5. The zero-order chi connectivity index (χ0) is 14.5. The van der Waals surface area contributed by atoms with Gasteiger partial charge in [0.25, 0.3) is 5.91 Å². The largest absolute Gasteiger partial charge is 0.343 e. The number of benzene rings is 1. The number of hydrogen-bond donors (Lipinski definition) is 1. The summed E-state index contributed by atoms with van der Waals surface area (Å²) in [7, 11) is 0. The van der Waals surface area contributed by atoms with E-state index in [1.54, 1.807) is 11.3 Å². The number of nitrogens with one attached hydrogen (secondary N) is 1. The number of hydrogen-bond acceptors (Lipinski definition) is 3. The molecular formula is C15H17BrN2OS. The van der Waals surface area contributed by atoms with Gasteiger partial charge in [-0.2, -0.15) is 0 Å². The molecule has 1 heterocycles. The van der Waals surface area contributed by atoms with E-state index in [0.717, 1.165) is 22.3 Å². The van der Waals surface area contributed by atoms with E-state index < -0.39 is 0 Å². The molecule has 0 saturated carbocycles. The first-order valence-corrected chi connectivity index (χ1v) is 8.48. The normalized spacial score (nSPS) is 12.2. The van der Waals surface area contributed by atoms with Crippen molar-refractivity contribution in [3.8, 4) is 0 Å². The number of halogens is 1. The average molecular weight is 353 g/mol. The molecule has 2 rings (SSSR count). The standard InChI is InChI=1S/C15H17BrN2OS/c1-3-13-9-17-15(20-13)10(2)18-14(19)12-6-4-11(8-16)5-7-12/h4-7,9-10H,3,8H2,1-2H3,(H,18,19). The number of aryl methyl sites for hydroxylation is 1. The van der Waals surface area contributed by atoms with Crippen LogP contribution in [0.15, 0.2) is 30.5 Å². The van der Waals surface area contributed by atoms with Crippen LogP contribution in [-0.4, -0.2) is 10.9 Å². The summed E-state index contributed by atoms with van der Waals surface area (Å²) in [5.41, 5.74) is 1.83. The summed E-state index contributed by atoms with van der Waals surface area (Å²) in [6, 6.07) is 7.53. The molecule has 1 amide bonds. The van der Waals surface area contributed by atoms with Crippen LogP contribution < -0.4 is 5.32 Å². The van der Waals surface area contributed by atoms with Crippen molar-refractivity contribution in [1.82, 2.24) is 10.3 Å². The summed E-state index contributed by atoms with van der Waals surface area (Å²) < 4.78 is 0. The summed E-state index contributed by atoms with van der Waals surface area (Å²) in [4.78, 5) is 17.8. The summed E-state index contributed by atoms with van der Waals surface area (Å²) in [6.45, 7) is 4.06. The van der Waals surface area contributed by atoms with Crippen LogP contribution in [-0.2, 0) is 11.8 Å². The van der Waals surface area contributed by atoms with E-state index >= 15 is 0 Å². The van der Waals surface area contributed by atoms with E-state index in [2.05, 4.69) is 33.2 Å². The molecule has 1 aromatic carbocycles. The lowest BCUT2D eigenvalue weighted by molar-refractivity contribution is 0.0940. The minimum absolute atomic E-state index is 0.0631. The van der Waals surface area contributed by atoms with Crippen molar-refractivity contribution in [2.45, 2.75) is 31.6 Å². The fourth-order valence-corrected chi connectivity index (χ4v) is 3.01. The molecule has 20 heavy (non-hydrogen) atoms. The predicted octanol–water partition coefficient (Wildman–Crippen LogP) is 4.09. The van der Waals surface area contributed by atoms with Crippen molar-refractivity contribution in [1.29, 1.82) is 0 Å². The van der Waals surface area contributed by atoms with Gasteiger partial charge in [-0.15, -0.1) is 11.3 Å². The van der Waals surface area contributed by atoms with Gasteiger partial charge in [-0.25, -0.2) is 4.98 Å². The quantitative estimate of drug-likeness (QED) is 0.823. The molecule has 0 bridgehead atoms. The van der Waals surface area contributed by atoms with Crippen molar-refractivity contribution >= 4 is 33.2 Å². The van der Waals surface area contributed by atoms with E-state index in [0.29, 0.717) is 5.56 Å². The van der Waals surface area contributed by atoms with Crippen LogP contribution in [0.4, 0.5) is 0 Å². The number of alkyl halides is 1. The molecule has 0 aliphatic carbocycles. The lowest BCUT2D eigenvalue weighted by Crippen LogP contribution is -2.26. The average Bonchev–Trinajstić information content (AvgIpc) is 2.96. The third kappa shape index (κ3) is 3.67. The molecule has 0 fully saturated rings. The van der Waals surface area contributed by atoms with Gasteiger partial charge in [0.15, 0.2) is 0 Å². The van der Waals surface area contributed by atoms with Crippen molar-refractivity contribution in [2.75, 3.05) is 0 Å². The van der Waals surface area contributed by atoms with E-state index in [1.807, 2.05) is 37.4 Å². The smallest absolute Gasteiger partial charge is 0.251 e. The first kappa shape index (κ1) is 15.2. The van der Waals surface area contributed by atoms with Gasteiger partial charge in [-0.05, 0) is 31.0 Å². The van der Waals surface area contributed by atoms with E-state index in [-0.39, 0.29) is 11.9 Å². The molecule has 5 heteroatoms. The van der Waals surface area contributed by atoms with E-state index in [1.165, 1.54) is 4.88 Å². The molecule has 0 spiro atoms. The van der Waals surface area contributed by atoms with Gasteiger partial charge < -0.3 is 5.32 Å². The second-order valence-corrected chi connectivity index (χ2v) is 6.25. The van der Waals surface area contributed by atoms with E-state index in [9.17, 15) is 4.79 Å². The van der Waals surface area contributed by atoms with Gasteiger partial charge in [-0.1, -0.05) is 35.0 Å². The molecule has 1 N–H and O–H groups in total. The summed E-state index contributed by atoms with van der Waals surface area (Å²) in [5, 5.41) is 4.73. The highest BCUT2D eigenvalue weighted by Gasteiger charge is 2.14. The molecule has 0 aliphatic heterocycles. The fourth-order valence-electron chi connectivity index (χ4n) is 1.77. The SMILES string of the molecule is CCc1cnc(C(C)NC(=O)c2ccc(CBr)cc2)s1. The second-order valence-electron chi connectivity index (χ2n) is 4.54. The number of aromatic nitrogens is 1. The third-order valence-electron chi connectivity index (χ3n) is 3.01. The maximum absolute atomic E-state index is 12.2. The van der Waals surface area contributed by atoms with E-state index in [4.69, 9.17) is 0 Å². The molecule has 106 valence electrons. The fraction of sp³-hybridized carbons (Fsp3) is 0.333. The van der Waals surface area contributed by atoms with Crippen LogP contribution in [0, 0.1) is 0 Å². The minimum Gasteiger partial charge on any atom is -0.343 e. The molecule has 2 aromatic rings. The first-order valence-electron chi connectivity index (χ1n) is 6.54. The molecule has 1 aromatic heterocycles. The molecule has 0 aliphatic rings. The van der Waals surface area contributed by atoms with Crippen LogP contribution in [0.1, 0.15) is 45.7 Å². The zero-order valence-corrected chi connectivity index (χ0v) is 13.9. The predicted molar refractivity (Wildman–Crippen MR) is 86.4 cm³/mol. The summed E-state index contributed by atoms with van der Waals surface area (Å²) in [6.07, 6.45) is 2.86. The monoisotopic (exact) mass is 352 g/mol. The number of nitrogens with zero attached hydrogens (tertiary/aromatic N) is 1. The summed E-state index contributed by atoms with van der Waals surface area (Å²) >= 11 is 5.04. The highest BCUT2D eigenvalue weighted by Crippen LogP contribution is 2.20. The van der Waals surface area contributed by atoms with Crippen molar-refractivity contribution in [3.63, 3.8) is 0 Å². The third-order valence-corrected chi connectivity index (χ3v) is 4.98. The van der Waals surface area contributed by atoms with Crippen molar-refractivity contribution in [2.24, 2.45) is 0 Å². The lowest BCUT2D eigenvalue weighted by atomic mass is 10.1. The Balaban J connectivity index is 2.02. The topological polar surface area (TPSA) is 42.0 Å². The number of amides is 1. The van der Waals surface area contributed by atoms with Crippen LogP contribution in [0.5, 0.6) is 0 Å². The molecule has 1 unspecified atom stereocenters. The van der Waals surface area contributed by atoms with Crippen molar-refractivity contribution in [3.05, 3.63) is 51.5 Å². The first-order chi connectivity index (χ1) is 9.63. The Hall–Kier alpha value is -1.20. The Labute approximate surface area is 131 Å². The van der Waals surface area contributed by atoms with Crippen LogP contribution in [0.2, 0.25) is 0 Å². The zero-order valence-electron chi connectivity index (χ0n) is 11.5. The number of carbonyl (C=O) groups excluding carboxylic acids is 1. The lowest BCUT2D eigenvalue weighted by Gasteiger charge is -2.11. The Morgan fingerprint density at radius 2 is 2.10 bits per heavy atom. The number of carbonyl (C=O) groups is 1. The Morgan fingerprint density at radius 3 is 2.65 bits per heavy atom. The Kier molecular flexibility index (Phi) is 5.31. The highest BCUT2D eigenvalue weighted by atomic mass is 79.9. The minimum atomic E-state index is -0.0661. The van der Waals surface area contributed by atoms with Gasteiger partial charge in [0.05, 0.1) is 6.04 Å². The van der Waals surface area contributed by atoms with Gasteiger partial charge in [0, 0.05) is 22.0 Å². The maximum atomic E-state index is 12.2. The highest BCUT2D eigenvalue weighted by molar-refractivity contribution is 9.08. The molecule has 3 nitrogen and oxygen atoms in total. The maximum Gasteiger partial charge on any atom is 0.251 e. The second kappa shape index (κ2) is 6.99. The van der Waals surface area contributed by atoms with Gasteiger partial charge in [-0.3, -0.25) is 4.79 Å². The number of thiazole rings is 1. The van der Waals surface area contributed by atoms with Crippen LogP contribution in [0.3, 0.4) is 0 Å². The Morgan fingerprint density at radius 1 is 1.40 bits per heavy atom.